The minimum absolute atomic E-state index is 0.271. The summed E-state index contributed by atoms with van der Waals surface area (Å²) >= 11 is 0. The van der Waals surface area contributed by atoms with Gasteiger partial charge in [-0.05, 0) is 30.3 Å². The lowest BCUT2D eigenvalue weighted by molar-refractivity contribution is 0.432. The third-order valence-electron chi connectivity index (χ3n) is 2.80. The Morgan fingerprint density at radius 2 is 2.10 bits per heavy atom. The average molecular weight is 303 g/mol. The molecule has 106 valence electrons. The van der Waals surface area contributed by atoms with Crippen LogP contribution in [0.3, 0.4) is 0 Å². The fraction of sp³-hybridized carbons (Fsp3) is 0.0714. The zero-order valence-electron chi connectivity index (χ0n) is 11.0. The maximum Gasteiger partial charge on any atom is 0.258 e. The highest BCUT2D eigenvalue weighted by Crippen LogP contribution is 2.22. The Labute approximate surface area is 122 Å². The molecule has 3 rings (SSSR count). The van der Waals surface area contributed by atoms with Crippen LogP contribution in [0.4, 0.5) is 4.39 Å². The normalized spacial score (nSPS) is 12.3. The fourth-order valence-corrected chi connectivity index (χ4v) is 2.32. The summed E-state index contributed by atoms with van der Waals surface area (Å²) in [5, 5.41) is 3.82. The van der Waals surface area contributed by atoms with Crippen LogP contribution in [0.2, 0.25) is 0 Å². The van der Waals surface area contributed by atoms with Gasteiger partial charge in [0, 0.05) is 27.5 Å². The molecule has 0 aliphatic heterocycles. The van der Waals surface area contributed by atoms with Gasteiger partial charge >= 0.3 is 0 Å². The van der Waals surface area contributed by atoms with E-state index >= 15 is 0 Å². The maximum atomic E-state index is 12.8. The van der Waals surface area contributed by atoms with E-state index in [1.165, 1.54) is 12.1 Å². The Bertz CT molecular complexity index is 802. The summed E-state index contributed by atoms with van der Waals surface area (Å²) in [4.78, 5) is 8.79. The molecule has 1 unspecified atom stereocenters. The summed E-state index contributed by atoms with van der Waals surface area (Å²) < 4.78 is 29.5. The second-order valence-corrected chi connectivity index (χ2v) is 5.65. The van der Waals surface area contributed by atoms with Gasteiger partial charge in [0.1, 0.15) is 11.5 Å². The summed E-state index contributed by atoms with van der Waals surface area (Å²) in [6.07, 6.45) is 2.69. The van der Waals surface area contributed by atoms with Crippen molar-refractivity contribution in [3.63, 3.8) is 0 Å². The quantitative estimate of drug-likeness (QED) is 0.744. The Kier molecular flexibility index (Phi) is 3.57. The summed E-state index contributed by atoms with van der Waals surface area (Å²) in [6.45, 7) is 0. The Morgan fingerprint density at radius 3 is 2.81 bits per heavy atom. The third-order valence-corrected chi connectivity index (χ3v) is 3.71. The molecule has 2 aromatic heterocycles. The van der Waals surface area contributed by atoms with Crippen molar-refractivity contribution in [1.29, 1.82) is 0 Å². The van der Waals surface area contributed by atoms with Gasteiger partial charge in [-0.3, -0.25) is 4.21 Å². The van der Waals surface area contributed by atoms with Gasteiger partial charge in [0.2, 0.25) is 5.82 Å². The molecule has 1 aromatic carbocycles. The van der Waals surface area contributed by atoms with Crippen molar-refractivity contribution in [2.45, 2.75) is 4.90 Å². The second-order valence-electron chi connectivity index (χ2n) is 4.27. The monoisotopic (exact) mass is 303 g/mol. The highest BCUT2D eigenvalue weighted by Gasteiger charge is 2.12. The zero-order chi connectivity index (χ0) is 14.8. The van der Waals surface area contributed by atoms with Crippen molar-refractivity contribution >= 4 is 10.8 Å². The minimum Gasteiger partial charge on any atom is -0.334 e. The standard InChI is InChI=1S/C14H10FN3O2S/c1-21(19)11-4-2-3-9(7-11)14-17-13(18-20-14)12-6-5-10(15)8-16-12/h2-8H,1H3. The molecule has 0 bridgehead atoms. The predicted molar refractivity (Wildman–Crippen MR) is 75.3 cm³/mol. The summed E-state index contributed by atoms with van der Waals surface area (Å²) in [5.74, 6) is 0.136. The first-order valence-electron chi connectivity index (χ1n) is 6.03. The molecule has 0 saturated carbocycles. The van der Waals surface area contributed by atoms with Crippen LogP contribution < -0.4 is 0 Å². The number of halogens is 1. The molecule has 2 heterocycles. The third kappa shape index (κ3) is 2.87. The van der Waals surface area contributed by atoms with Crippen molar-refractivity contribution in [2.75, 3.05) is 6.26 Å². The minimum atomic E-state index is -1.09. The molecule has 1 atom stereocenters. The SMILES string of the molecule is CS(=O)c1cccc(-c2nc(-c3ccc(F)cn3)no2)c1. The van der Waals surface area contributed by atoms with E-state index in [2.05, 4.69) is 15.1 Å². The number of rotatable bonds is 3. The summed E-state index contributed by atoms with van der Waals surface area (Å²) in [5.41, 5.74) is 1.09. The van der Waals surface area contributed by atoms with Gasteiger partial charge in [0.25, 0.3) is 5.89 Å². The molecule has 3 aromatic rings. The van der Waals surface area contributed by atoms with E-state index in [1.54, 1.807) is 30.5 Å². The number of pyridine rings is 1. The lowest BCUT2D eigenvalue weighted by atomic mass is 10.2. The van der Waals surface area contributed by atoms with E-state index in [0.717, 1.165) is 6.20 Å². The molecule has 0 radical (unpaired) electrons. The van der Waals surface area contributed by atoms with Crippen molar-refractivity contribution in [2.24, 2.45) is 0 Å². The molecule has 0 saturated heterocycles. The Balaban J connectivity index is 1.96. The summed E-state index contributed by atoms with van der Waals surface area (Å²) in [7, 11) is -1.09. The molecule has 21 heavy (non-hydrogen) atoms. The topological polar surface area (TPSA) is 68.9 Å². The van der Waals surface area contributed by atoms with Crippen LogP contribution in [0.5, 0.6) is 0 Å². The van der Waals surface area contributed by atoms with Crippen LogP contribution in [-0.4, -0.2) is 25.6 Å². The van der Waals surface area contributed by atoms with Gasteiger partial charge in [-0.1, -0.05) is 11.2 Å². The Morgan fingerprint density at radius 1 is 1.24 bits per heavy atom. The van der Waals surface area contributed by atoms with Crippen LogP contribution in [0.1, 0.15) is 0 Å². The van der Waals surface area contributed by atoms with Crippen molar-refractivity contribution in [3.05, 3.63) is 48.4 Å². The molecule has 0 amide bonds. The molecule has 7 heteroatoms. The van der Waals surface area contributed by atoms with Crippen LogP contribution in [-0.2, 0) is 10.8 Å². The maximum absolute atomic E-state index is 12.8. The van der Waals surface area contributed by atoms with Crippen molar-refractivity contribution < 1.29 is 13.1 Å². The molecular formula is C14H10FN3O2S. The average Bonchev–Trinajstić information content (AvgIpc) is 2.98. The van der Waals surface area contributed by atoms with Gasteiger partial charge in [-0.15, -0.1) is 0 Å². The number of aromatic nitrogens is 3. The van der Waals surface area contributed by atoms with Crippen LogP contribution in [0.25, 0.3) is 23.0 Å². The summed E-state index contributed by atoms with van der Waals surface area (Å²) in [6, 6.07) is 9.79. The lowest BCUT2D eigenvalue weighted by Crippen LogP contribution is -1.88. The second kappa shape index (κ2) is 5.53. The van der Waals surface area contributed by atoms with Gasteiger partial charge in [0.05, 0.1) is 6.20 Å². The molecule has 0 aliphatic rings. The van der Waals surface area contributed by atoms with Crippen molar-refractivity contribution in [3.8, 4) is 23.0 Å². The first kappa shape index (κ1) is 13.6. The molecular weight excluding hydrogens is 293 g/mol. The Hall–Kier alpha value is -2.41. The van der Waals surface area contributed by atoms with Crippen LogP contribution in [0, 0.1) is 5.82 Å². The fourth-order valence-electron chi connectivity index (χ4n) is 1.76. The molecule has 0 aliphatic carbocycles. The van der Waals surface area contributed by atoms with E-state index in [9.17, 15) is 8.60 Å². The largest absolute Gasteiger partial charge is 0.334 e. The van der Waals surface area contributed by atoms with E-state index in [0.29, 0.717) is 22.0 Å². The number of benzene rings is 1. The van der Waals surface area contributed by atoms with Gasteiger partial charge in [-0.25, -0.2) is 9.37 Å². The zero-order valence-corrected chi connectivity index (χ0v) is 11.8. The number of nitrogens with zero attached hydrogens (tertiary/aromatic N) is 3. The number of hydrogen-bond acceptors (Lipinski definition) is 5. The molecule has 0 spiro atoms. The highest BCUT2D eigenvalue weighted by atomic mass is 32.2. The van der Waals surface area contributed by atoms with Crippen LogP contribution >= 0.6 is 0 Å². The number of hydrogen-bond donors (Lipinski definition) is 0. The van der Waals surface area contributed by atoms with Gasteiger partial charge in [0.15, 0.2) is 0 Å². The molecule has 5 nitrogen and oxygen atoms in total. The van der Waals surface area contributed by atoms with E-state index in [1.807, 2.05) is 0 Å². The van der Waals surface area contributed by atoms with E-state index < -0.39 is 16.6 Å². The predicted octanol–water partition coefficient (Wildman–Crippen LogP) is 2.68. The molecule has 0 fully saturated rings. The smallest absolute Gasteiger partial charge is 0.258 e. The van der Waals surface area contributed by atoms with Crippen molar-refractivity contribution in [1.82, 2.24) is 15.1 Å². The van der Waals surface area contributed by atoms with Gasteiger partial charge in [-0.2, -0.15) is 4.98 Å². The van der Waals surface area contributed by atoms with E-state index in [-0.39, 0.29) is 5.82 Å². The first-order valence-corrected chi connectivity index (χ1v) is 7.59. The molecule has 0 N–H and O–H groups in total. The van der Waals surface area contributed by atoms with Gasteiger partial charge < -0.3 is 4.52 Å². The van der Waals surface area contributed by atoms with Crippen LogP contribution in [0.15, 0.2) is 52.0 Å². The highest BCUT2D eigenvalue weighted by molar-refractivity contribution is 7.84. The lowest BCUT2D eigenvalue weighted by Gasteiger charge is -1.98. The van der Waals surface area contributed by atoms with E-state index in [4.69, 9.17) is 4.52 Å². The first-order chi connectivity index (χ1) is 10.1.